The van der Waals surface area contributed by atoms with Gasteiger partial charge >= 0.3 is 0 Å². The highest BCUT2D eigenvalue weighted by molar-refractivity contribution is 7.91. The molecule has 0 spiro atoms. The van der Waals surface area contributed by atoms with E-state index >= 15 is 0 Å². The van der Waals surface area contributed by atoms with Crippen molar-refractivity contribution in [1.29, 1.82) is 0 Å². The van der Waals surface area contributed by atoms with Crippen molar-refractivity contribution in [2.75, 3.05) is 25.1 Å². The number of H-pyrrole nitrogens is 1. The number of aromatic nitrogens is 1. The van der Waals surface area contributed by atoms with E-state index in [0.29, 0.717) is 12.0 Å². The second kappa shape index (κ2) is 6.94. The van der Waals surface area contributed by atoms with Gasteiger partial charge in [-0.1, -0.05) is 48.5 Å². The number of hydrogen-bond donors (Lipinski definition) is 1. The average Bonchev–Trinajstić information content (AvgIpc) is 3.22. The Balaban J connectivity index is 1.69. The summed E-state index contributed by atoms with van der Waals surface area (Å²) in [6.07, 6.45) is 0.589. The van der Waals surface area contributed by atoms with Gasteiger partial charge in [0.1, 0.15) is 0 Å². The molecule has 6 heteroatoms. The Morgan fingerprint density at radius 1 is 1.11 bits per heavy atom. The highest BCUT2D eigenvalue weighted by atomic mass is 32.2. The number of para-hydroxylation sites is 1. The van der Waals surface area contributed by atoms with Crippen LogP contribution in [0, 0.1) is 0 Å². The third kappa shape index (κ3) is 3.55. The van der Waals surface area contributed by atoms with Gasteiger partial charge in [0, 0.05) is 16.9 Å². The van der Waals surface area contributed by atoms with Crippen molar-refractivity contribution in [2.24, 2.45) is 0 Å². The average molecular weight is 382 g/mol. The predicted molar refractivity (Wildman–Crippen MR) is 108 cm³/mol. The molecule has 0 radical (unpaired) electrons. The smallest absolute Gasteiger partial charge is 0.179 e. The van der Waals surface area contributed by atoms with Crippen molar-refractivity contribution in [3.05, 3.63) is 60.2 Å². The number of ketones is 1. The highest BCUT2D eigenvalue weighted by Gasteiger charge is 2.32. The molecule has 1 unspecified atom stereocenters. The number of hydrogen-bond acceptors (Lipinski definition) is 4. The first kappa shape index (κ1) is 17.9. The number of benzene rings is 2. The number of carbonyl (C=O) groups is 1. The molecule has 27 heavy (non-hydrogen) atoms. The lowest BCUT2D eigenvalue weighted by molar-refractivity contribution is 0.0929. The molecule has 3 aromatic rings. The Morgan fingerprint density at radius 2 is 1.81 bits per heavy atom. The molecule has 0 amide bonds. The molecule has 1 N–H and O–H groups in total. The van der Waals surface area contributed by atoms with Crippen molar-refractivity contribution in [3.8, 4) is 11.3 Å². The second-order valence-corrected chi connectivity index (χ2v) is 9.41. The molecule has 140 valence electrons. The topological polar surface area (TPSA) is 70.2 Å². The minimum Gasteiger partial charge on any atom is -0.354 e. The van der Waals surface area contributed by atoms with Crippen molar-refractivity contribution in [2.45, 2.75) is 12.5 Å². The van der Waals surface area contributed by atoms with Crippen LogP contribution in [0.5, 0.6) is 0 Å². The van der Waals surface area contributed by atoms with Crippen LogP contribution in [0.25, 0.3) is 22.2 Å². The lowest BCUT2D eigenvalue weighted by Gasteiger charge is -2.22. The molecule has 2 heterocycles. The number of likely N-dealkylation sites (N-methyl/N-ethyl adjacent to an activating group) is 1. The van der Waals surface area contributed by atoms with Gasteiger partial charge in [0.2, 0.25) is 0 Å². The fourth-order valence-corrected chi connectivity index (χ4v) is 5.62. The first-order valence-electron chi connectivity index (χ1n) is 9.04. The van der Waals surface area contributed by atoms with E-state index in [9.17, 15) is 13.2 Å². The van der Waals surface area contributed by atoms with Crippen molar-refractivity contribution in [3.63, 3.8) is 0 Å². The van der Waals surface area contributed by atoms with Gasteiger partial charge in [-0.3, -0.25) is 9.69 Å². The maximum Gasteiger partial charge on any atom is 0.179 e. The van der Waals surface area contributed by atoms with Crippen LogP contribution in [0.2, 0.25) is 0 Å². The summed E-state index contributed by atoms with van der Waals surface area (Å²) in [5, 5.41) is 0.897. The lowest BCUT2D eigenvalue weighted by Crippen LogP contribution is -2.36. The number of nitrogens with zero attached hydrogens (tertiary/aromatic N) is 1. The van der Waals surface area contributed by atoms with E-state index in [1.54, 1.807) is 0 Å². The maximum atomic E-state index is 13.2. The van der Waals surface area contributed by atoms with E-state index in [1.165, 1.54) is 0 Å². The Kier molecular flexibility index (Phi) is 4.61. The Labute approximate surface area is 158 Å². The van der Waals surface area contributed by atoms with Crippen molar-refractivity contribution >= 4 is 26.5 Å². The summed E-state index contributed by atoms with van der Waals surface area (Å²) >= 11 is 0. The molecule has 1 saturated heterocycles. The number of fused-ring (bicyclic) bond motifs is 1. The molecule has 1 aliphatic heterocycles. The summed E-state index contributed by atoms with van der Waals surface area (Å²) in [5.41, 5.74) is 3.37. The summed E-state index contributed by atoms with van der Waals surface area (Å²) < 4.78 is 23.5. The van der Waals surface area contributed by atoms with Crippen molar-refractivity contribution < 1.29 is 13.2 Å². The number of rotatable bonds is 5. The van der Waals surface area contributed by atoms with Gasteiger partial charge in [-0.2, -0.15) is 0 Å². The van der Waals surface area contributed by atoms with E-state index in [-0.39, 0.29) is 29.9 Å². The SMILES string of the molecule is CN(CC(=O)c1c(-c2ccccc2)[nH]c2ccccc12)C1CCS(=O)(=O)C1. The Hall–Kier alpha value is -2.44. The van der Waals surface area contributed by atoms with Gasteiger partial charge in [-0.15, -0.1) is 0 Å². The van der Waals surface area contributed by atoms with Gasteiger partial charge in [0.25, 0.3) is 0 Å². The van der Waals surface area contributed by atoms with Crippen LogP contribution in [0.3, 0.4) is 0 Å². The number of sulfone groups is 1. The standard InChI is InChI=1S/C21H22N2O3S/c1-23(16-11-12-27(25,26)14-16)13-19(24)20-17-9-5-6-10-18(17)22-21(20)15-7-3-2-4-8-15/h2-10,16,22H,11-14H2,1H3. The fraction of sp³-hybridized carbons (Fsp3) is 0.286. The van der Waals surface area contributed by atoms with E-state index in [2.05, 4.69) is 4.98 Å². The summed E-state index contributed by atoms with van der Waals surface area (Å²) in [5.74, 6) is 0.340. The van der Waals surface area contributed by atoms with Gasteiger partial charge in [0.05, 0.1) is 29.3 Å². The summed E-state index contributed by atoms with van der Waals surface area (Å²) in [6, 6.07) is 17.5. The first-order chi connectivity index (χ1) is 12.9. The van der Waals surface area contributed by atoms with Crippen LogP contribution in [0.15, 0.2) is 54.6 Å². The third-order valence-corrected chi connectivity index (χ3v) is 7.02. The van der Waals surface area contributed by atoms with Gasteiger partial charge < -0.3 is 4.98 Å². The molecular formula is C21H22N2O3S. The van der Waals surface area contributed by atoms with Crippen LogP contribution in [0.1, 0.15) is 16.8 Å². The zero-order valence-corrected chi connectivity index (χ0v) is 16.0. The molecule has 5 nitrogen and oxygen atoms in total. The zero-order valence-electron chi connectivity index (χ0n) is 15.2. The van der Waals surface area contributed by atoms with Gasteiger partial charge in [-0.25, -0.2) is 8.42 Å². The number of carbonyl (C=O) groups excluding carboxylic acids is 1. The van der Waals surface area contributed by atoms with E-state index < -0.39 is 9.84 Å². The van der Waals surface area contributed by atoms with Crippen LogP contribution >= 0.6 is 0 Å². The first-order valence-corrected chi connectivity index (χ1v) is 10.9. The maximum absolute atomic E-state index is 13.2. The van der Waals surface area contributed by atoms with E-state index in [0.717, 1.165) is 22.2 Å². The molecule has 0 bridgehead atoms. The Morgan fingerprint density at radius 3 is 2.52 bits per heavy atom. The quantitative estimate of drug-likeness (QED) is 0.688. The van der Waals surface area contributed by atoms with E-state index in [1.807, 2.05) is 66.5 Å². The minimum atomic E-state index is -2.98. The molecular weight excluding hydrogens is 360 g/mol. The summed E-state index contributed by atoms with van der Waals surface area (Å²) in [7, 11) is -1.14. The normalized spacial score (nSPS) is 19.0. The van der Waals surface area contributed by atoms with Crippen LogP contribution in [-0.4, -0.2) is 55.2 Å². The summed E-state index contributed by atoms with van der Waals surface area (Å²) in [6.45, 7) is 0.196. The lowest BCUT2D eigenvalue weighted by atomic mass is 10.0. The monoisotopic (exact) mass is 382 g/mol. The highest BCUT2D eigenvalue weighted by Crippen LogP contribution is 2.31. The molecule has 0 saturated carbocycles. The zero-order chi connectivity index (χ0) is 19.0. The number of Topliss-reactive ketones (excluding diaryl/α,β-unsaturated/α-hetero) is 1. The van der Waals surface area contributed by atoms with Gasteiger partial charge in [-0.05, 0) is 25.1 Å². The Bertz CT molecular complexity index is 1090. The molecule has 2 aromatic carbocycles. The van der Waals surface area contributed by atoms with Crippen LogP contribution < -0.4 is 0 Å². The van der Waals surface area contributed by atoms with Crippen molar-refractivity contribution in [1.82, 2.24) is 9.88 Å². The minimum absolute atomic E-state index is 0.00176. The largest absolute Gasteiger partial charge is 0.354 e. The fourth-order valence-electron chi connectivity index (χ4n) is 3.81. The molecule has 1 aromatic heterocycles. The summed E-state index contributed by atoms with van der Waals surface area (Å²) in [4.78, 5) is 18.5. The van der Waals surface area contributed by atoms with Crippen LogP contribution in [0.4, 0.5) is 0 Å². The second-order valence-electron chi connectivity index (χ2n) is 7.18. The molecule has 4 rings (SSSR count). The predicted octanol–water partition coefficient (Wildman–Crippen LogP) is 3.14. The number of nitrogens with one attached hydrogen (secondary N) is 1. The van der Waals surface area contributed by atoms with E-state index in [4.69, 9.17) is 0 Å². The van der Waals surface area contributed by atoms with Gasteiger partial charge in [0.15, 0.2) is 15.6 Å². The molecule has 1 atom stereocenters. The molecule has 1 aliphatic rings. The number of aromatic amines is 1. The molecule has 0 aliphatic carbocycles. The third-order valence-electron chi connectivity index (χ3n) is 5.27. The molecule has 1 fully saturated rings. The van der Waals surface area contributed by atoms with Crippen LogP contribution in [-0.2, 0) is 9.84 Å².